The molecule has 1 heterocycles. The number of carbonyl (C=O) groups is 2. The molecule has 0 aromatic heterocycles. The van der Waals surface area contributed by atoms with Gasteiger partial charge in [-0.05, 0) is 43.4 Å². The average Bonchev–Trinajstić information content (AvgIpc) is 2.56. The number of rotatable bonds is 4. The van der Waals surface area contributed by atoms with E-state index in [-0.39, 0.29) is 0 Å². The fourth-order valence-corrected chi connectivity index (χ4v) is 2.92. The number of anilines is 1. The Labute approximate surface area is 145 Å². The van der Waals surface area contributed by atoms with Crippen molar-refractivity contribution in [1.29, 1.82) is 0 Å². The molecule has 1 aliphatic rings. The number of nitrogens with zero attached hydrogens (tertiary/aromatic N) is 2. The first kappa shape index (κ1) is 18.3. The minimum Gasteiger partial charge on any atom is -0.368 e. The predicted molar refractivity (Wildman–Crippen MR) is 97.2 cm³/mol. The maximum Gasteiger partial charge on any atom is 0.312 e. The molecular weight excluding hydrogens is 302 g/mol. The van der Waals surface area contributed by atoms with Crippen LogP contribution in [0, 0.1) is 19.8 Å². The average molecular weight is 331 g/mol. The number of amides is 2. The molecule has 0 bridgehead atoms. The lowest BCUT2D eigenvalue weighted by atomic mass is 10.1. The molecule has 1 N–H and O–H groups in total. The van der Waals surface area contributed by atoms with Crippen LogP contribution in [-0.4, -0.2) is 49.4 Å². The zero-order chi connectivity index (χ0) is 17.7. The van der Waals surface area contributed by atoms with Gasteiger partial charge in [0.1, 0.15) is 0 Å². The Hall–Kier alpha value is -2.04. The highest BCUT2D eigenvalue weighted by Gasteiger charge is 2.26. The van der Waals surface area contributed by atoms with Crippen LogP contribution in [0.1, 0.15) is 31.4 Å². The van der Waals surface area contributed by atoms with Crippen molar-refractivity contribution in [2.45, 2.75) is 34.1 Å². The summed E-state index contributed by atoms with van der Waals surface area (Å²) in [6, 6.07) is 6.30. The van der Waals surface area contributed by atoms with E-state index in [0.29, 0.717) is 25.6 Å². The largest absolute Gasteiger partial charge is 0.368 e. The molecule has 0 saturated carbocycles. The monoisotopic (exact) mass is 331 g/mol. The van der Waals surface area contributed by atoms with E-state index >= 15 is 0 Å². The number of carbonyl (C=O) groups excluding carboxylic acids is 2. The molecule has 0 atom stereocenters. The highest BCUT2D eigenvalue weighted by Crippen LogP contribution is 2.23. The van der Waals surface area contributed by atoms with Gasteiger partial charge in [-0.25, -0.2) is 0 Å². The zero-order valence-electron chi connectivity index (χ0n) is 15.3. The van der Waals surface area contributed by atoms with Gasteiger partial charge in [-0.3, -0.25) is 9.59 Å². The normalized spacial score (nSPS) is 14.9. The van der Waals surface area contributed by atoms with E-state index in [1.165, 1.54) is 16.8 Å². The van der Waals surface area contributed by atoms with E-state index < -0.39 is 11.8 Å². The lowest BCUT2D eigenvalue weighted by Crippen LogP contribution is -2.53. The lowest BCUT2D eigenvalue weighted by molar-refractivity contribution is -0.146. The highest BCUT2D eigenvalue weighted by atomic mass is 16.2. The number of piperazine rings is 1. The van der Waals surface area contributed by atoms with Crippen molar-refractivity contribution in [3.63, 3.8) is 0 Å². The molecule has 2 amide bonds. The summed E-state index contributed by atoms with van der Waals surface area (Å²) in [7, 11) is 0. The van der Waals surface area contributed by atoms with E-state index in [4.69, 9.17) is 0 Å². The molecule has 0 radical (unpaired) electrons. The van der Waals surface area contributed by atoms with Gasteiger partial charge in [-0.1, -0.05) is 26.0 Å². The summed E-state index contributed by atoms with van der Waals surface area (Å²) in [6.45, 7) is 11.7. The van der Waals surface area contributed by atoms with Gasteiger partial charge < -0.3 is 15.1 Å². The standard InChI is InChI=1S/C19H29N3O2/c1-14(2)8-9-20-18(23)19(24)22-12-10-21(11-13-22)17-7-5-6-15(3)16(17)4/h5-7,14H,8-13H2,1-4H3,(H,20,23). The SMILES string of the molecule is Cc1cccc(N2CCN(C(=O)C(=O)NCCC(C)C)CC2)c1C. The summed E-state index contributed by atoms with van der Waals surface area (Å²) in [5, 5.41) is 2.73. The van der Waals surface area contributed by atoms with E-state index in [9.17, 15) is 9.59 Å². The summed E-state index contributed by atoms with van der Waals surface area (Å²) in [5.41, 5.74) is 3.78. The molecule has 24 heavy (non-hydrogen) atoms. The highest BCUT2D eigenvalue weighted by molar-refractivity contribution is 6.35. The van der Waals surface area contributed by atoms with Crippen molar-refractivity contribution in [3.8, 4) is 0 Å². The van der Waals surface area contributed by atoms with Crippen LogP contribution in [0.4, 0.5) is 5.69 Å². The Balaban J connectivity index is 1.87. The topological polar surface area (TPSA) is 52.7 Å². The first-order chi connectivity index (χ1) is 11.4. The predicted octanol–water partition coefficient (Wildman–Crippen LogP) is 2.11. The number of hydrogen-bond donors (Lipinski definition) is 1. The number of nitrogens with one attached hydrogen (secondary N) is 1. The lowest BCUT2D eigenvalue weighted by Gasteiger charge is -2.36. The number of benzene rings is 1. The molecule has 1 fully saturated rings. The summed E-state index contributed by atoms with van der Waals surface area (Å²) in [4.78, 5) is 28.1. The van der Waals surface area contributed by atoms with Gasteiger partial charge in [-0.2, -0.15) is 0 Å². The van der Waals surface area contributed by atoms with Gasteiger partial charge in [-0.15, -0.1) is 0 Å². The molecule has 1 saturated heterocycles. The van der Waals surface area contributed by atoms with Crippen molar-refractivity contribution in [3.05, 3.63) is 29.3 Å². The second-order valence-corrected chi connectivity index (χ2v) is 6.94. The Kier molecular flexibility index (Phi) is 6.23. The fraction of sp³-hybridized carbons (Fsp3) is 0.579. The first-order valence-electron chi connectivity index (χ1n) is 8.78. The summed E-state index contributed by atoms with van der Waals surface area (Å²) in [5.74, 6) is -0.364. The smallest absolute Gasteiger partial charge is 0.312 e. The minimum atomic E-state index is -0.476. The van der Waals surface area contributed by atoms with Crippen molar-refractivity contribution < 1.29 is 9.59 Å². The summed E-state index contributed by atoms with van der Waals surface area (Å²) in [6.07, 6.45) is 0.888. The van der Waals surface area contributed by atoms with Crippen LogP contribution in [0.2, 0.25) is 0 Å². The molecule has 2 rings (SSSR count). The fourth-order valence-electron chi connectivity index (χ4n) is 2.92. The van der Waals surface area contributed by atoms with Gasteiger partial charge in [0, 0.05) is 38.4 Å². The number of aryl methyl sites for hydroxylation is 1. The Bertz CT molecular complexity index is 590. The molecular formula is C19H29N3O2. The van der Waals surface area contributed by atoms with Crippen LogP contribution < -0.4 is 10.2 Å². The molecule has 5 heteroatoms. The maximum atomic E-state index is 12.2. The van der Waals surface area contributed by atoms with E-state index in [1.807, 2.05) is 0 Å². The van der Waals surface area contributed by atoms with Gasteiger partial charge in [0.2, 0.25) is 0 Å². The first-order valence-corrected chi connectivity index (χ1v) is 8.78. The third-order valence-corrected chi connectivity index (χ3v) is 4.69. The van der Waals surface area contributed by atoms with Crippen LogP contribution in [-0.2, 0) is 9.59 Å². The zero-order valence-corrected chi connectivity index (χ0v) is 15.3. The van der Waals surface area contributed by atoms with E-state index in [0.717, 1.165) is 19.5 Å². The molecule has 0 unspecified atom stereocenters. The van der Waals surface area contributed by atoms with Crippen LogP contribution in [0.3, 0.4) is 0 Å². The summed E-state index contributed by atoms with van der Waals surface area (Å²) < 4.78 is 0. The van der Waals surface area contributed by atoms with E-state index in [1.54, 1.807) is 4.90 Å². The van der Waals surface area contributed by atoms with Crippen molar-refractivity contribution in [2.24, 2.45) is 5.92 Å². The molecule has 0 aliphatic carbocycles. The van der Waals surface area contributed by atoms with Gasteiger partial charge >= 0.3 is 11.8 Å². The van der Waals surface area contributed by atoms with Crippen LogP contribution in [0.25, 0.3) is 0 Å². The third-order valence-electron chi connectivity index (χ3n) is 4.69. The quantitative estimate of drug-likeness (QED) is 0.860. The Morgan fingerprint density at radius 3 is 2.42 bits per heavy atom. The van der Waals surface area contributed by atoms with Crippen LogP contribution >= 0.6 is 0 Å². The Morgan fingerprint density at radius 1 is 1.12 bits per heavy atom. The summed E-state index contributed by atoms with van der Waals surface area (Å²) >= 11 is 0. The van der Waals surface area contributed by atoms with Crippen molar-refractivity contribution in [1.82, 2.24) is 10.2 Å². The molecule has 1 aromatic rings. The minimum absolute atomic E-state index is 0.403. The van der Waals surface area contributed by atoms with Gasteiger partial charge in [0.15, 0.2) is 0 Å². The van der Waals surface area contributed by atoms with Crippen LogP contribution in [0.5, 0.6) is 0 Å². The molecule has 1 aromatic carbocycles. The molecule has 5 nitrogen and oxygen atoms in total. The second kappa shape index (κ2) is 8.18. The Morgan fingerprint density at radius 2 is 1.79 bits per heavy atom. The number of hydrogen-bond acceptors (Lipinski definition) is 3. The molecule has 1 aliphatic heterocycles. The maximum absolute atomic E-state index is 12.2. The van der Waals surface area contributed by atoms with E-state index in [2.05, 4.69) is 56.1 Å². The van der Waals surface area contributed by atoms with Crippen molar-refractivity contribution in [2.75, 3.05) is 37.6 Å². The van der Waals surface area contributed by atoms with Gasteiger partial charge in [0.25, 0.3) is 0 Å². The van der Waals surface area contributed by atoms with Crippen molar-refractivity contribution >= 4 is 17.5 Å². The molecule has 132 valence electrons. The van der Waals surface area contributed by atoms with Crippen LogP contribution in [0.15, 0.2) is 18.2 Å². The van der Waals surface area contributed by atoms with Gasteiger partial charge in [0.05, 0.1) is 0 Å². The third kappa shape index (κ3) is 4.49. The molecule has 0 spiro atoms. The second-order valence-electron chi connectivity index (χ2n) is 6.94.